The van der Waals surface area contributed by atoms with Crippen molar-refractivity contribution in [2.45, 2.75) is 40.2 Å². The van der Waals surface area contributed by atoms with Gasteiger partial charge in [-0.2, -0.15) is 0 Å². The monoisotopic (exact) mass is 231 g/mol. The van der Waals surface area contributed by atoms with Crippen LogP contribution in [0.4, 0.5) is 0 Å². The Hall–Kier alpha value is -0.610. The Balaban J connectivity index is 3.98. The number of nitrogens with zero attached hydrogens (tertiary/aromatic N) is 1. The third kappa shape index (κ3) is 8.68. The molecule has 96 valence electrons. The average molecular weight is 231 g/mol. The van der Waals surface area contributed by atoms with Crippen molar-refractivity contribution in [3.05, 3.63) is 0 Å². The predicted molar refractivity (Wildman–Crippen MR) is 64.2 cm³/mol. The molecule has 4 heteroatoms. The lowest BCUT2D eigenvalue weighted by molar-refractivity contribution is -0.146. The number of esters is 1. The largest absolute Gasteiger partial charge is 0.464 e. The minimum Gasteiger partial charge on any atom is -0.464 e. The molecule has 0 aromatic rings. The molecule has 16 heavy (non-hydrogen) atoms. The van der Waals surface area contributed by atoms with Gasteiger partial charge in [0.15, 0.2) is 0 Å². The zero-order chi connectivity index (χ0) is 12.8. The Labute approximate surface area is 98.6 Å². The Morgan fingerprint density at radius 2 is 2.00 bits per heavy atom. The summed E-state index contributed by atoms with van der Waals surface area (Å²) in [6.07, 6.45) is 0. The maximum absolute atomic E-state index is 11.5. The summed E-state index contributed by atoms with van der Waals surface area (Å²) in [6.45, 7) is 11.3. The molecule has 0 spiro atoms. The summed E-state index contributed by atoms with van der Waals surface area (Å²) in [5.41, 5.74) is -0.783. The van der Waals surface area contributed by atoms with Gasteiger partial charge in [0, 0.05) is 6.54 Å². The van der Waals surface area contributed by atoms with Gasteiger partial charge in [-0.05, 0) is 26.3 Å². The summed E-state index contributed by atoms with van der Waals surface area (Å²) in [4.78, 5) is 13.3. The van der Waals surface area contributed by atoms with Crippen molar-refractivity contribution in [1.82, 2.24) is 4.90 Å². The van der Waals surface area contributed by atoms with Crippen LogP contribution in [-0.4, -0.2) is 47.8 Å². The Morgan fingerprint density at radius 3 is 2.38 bits per heavy atom. The second kappa shape index (κ2) is 6.86. The van der Waals surface area contributed by atoms with Crippen molar-refractivity contribution >= 4 is 5.97 Å². The van der Waals surface area contributed by atoms with E-state index in [9.17, 15) is 9.90 Å². The summed E-state index contributed by atoms with van der Waals surface area (Å²) < 4.78 is 5.09. The SMILES string of the molecule is CCN(CC(=O)OCC(C)C)CC(C)(C)O. The van der Waals surface area contributed by atoms with E-state index < -0.39 is 5.60 Å². The summed E-state index contributed by atoms with van der Waals surface area (Å²) in [6, 6.07) is 0. The van der Waals surface area contributed by atoms with Crippen LogP contribution in [0.2, 0.25) is 0 Å². The third-order valence-electron chi connectivity index (χ3n) is 1.99. The second-order valence-corrected chi connectivity index (χ2v) is 5.19. The van der Waals surface area contributed by atoms with Gasteiger partial charge >= 0.3 is 5.97 Å². The van der Waals surface area contributed by atoms with Gasteiger partial charge in [0.2, 0.25) is 0 Å². The zero-order valence-electron chi connectivity index (χ0n) is 11.1. The van der Waals surface area contributed by atoms with E-state index in [0.29, 0.717) is 19.1 Å². The van der Waals surface area contributed by atoms with Gasteiger partial charge in [-0.25, -0.2) is 0 Å². The zero-order valence-corrected chi connectivity index (χ0v) is 11.1. The Morgan fingerprint density at radius 1 is 1.44 bits per heavy atom. The average Bonchev–Trinajstić information content (AvgIpc) is 2.11. The number of hydrogen-bond acceptors (Lipinski definition) is 4. The highest BCUT2D eigenvalue weighted by Crippen LogP contribution is 2.05. The van der Waals surface area contributed by atoms with Gasteiger partial charge < -0.3 is 9.84 Å². The highest BCUT2D eigenvalue weighted by Gasteiger charge is 2.19. The van der Waals surface area contributed by atoms with Crippen molar-refractivity contribution < 1.29 is 14.6 Å². The molecule has 0 saturated heterocycles. The van der Waals surface area contributed by atoms with Gasteiger partial charge in [-0.1, -0.05) is 20.8 Å². The van der Waals surface area contributed by atoms with Crippen LogP contribution in [-0.2, 0) is 9.53 Å². The molecule has 0 radical (unpaired) electrons. The van der Waals surface area contributed by atoms with Crippen LogP contribution in [0, 0.1) is 5.92 Å². The van der Waals surface area contributed by atoms with Crippen molar-refractivity contribution in [2.24, 2.45) is 5.92 Å². The van der Waals surface area contributed by atoms with E-state index in [2.05, 4.69) is 0 Å². The number of rotatable bonds is 7. The molecular formula is C12H25NO3. The molecule has 0 aliphatic heterocycles. The smallest absolute Gasteiger partial charge is 0.320 e. The highest BCUT2D eigenvalue weighted by molar-refractivity contribution is 5.71. The first-order valence-electron chi connectivity index (χ1n) is 5.85. The summed E-state index contributed by atoms with van der Waals surface area (Å²) in [7, 11) is 0. The highest BCUT2D eigenvalue weighted by atomic mass is 16.5. The van der Waals surface area contributed by atoms with E-state index >= 15 is 0 Å². The van der Waals surface area contributed by atoms with Crippen molar-refractivity contribution in [3.63, 3.8) is 0 Å². The standard InChI is InChI=1S/C12H25NO3/c1-6-13(9-12(4,5)15)7-11(14)16-8-10(2)3/h10,15H,6-9H2,1-5H3. The van der Waals surface area contributed by atoms with E-state index in [1.165, 1.54) is 0 Å². The molecule has 0 aromatic carbocycles. The van der Waals surface area contributed by atoms with E-state index in [1.54, 1.807) is 13.8 Å². The third-order valence-corrected chi connectivity index (χ3v) is 1.99. The number of ether oxygens (including phenoxy) is 1. The molecular weight excluding hydrogens is 206 g/mol. The minimum atomic E-state index is -0.783. The van der Waals surface area contributed by atoms with Gasteiger partial charge in [0.1, 0.15) is 0 Å². The van der Waals surface area contributed by atoms with Gasteiger partial charge in [0.05, 0.1) is 18.8 Å². The van der Waals surface area contributed by atoms with Crippen LogP contribution in [0.5, 0.6) is 0 Å². The maximum Gasteiger partial charge on any atom is 0.320 e. The fraction of sp³-hybridized carbons (Fsp3) is 0.917. The molecule has 0 aliphatic carbocycles. The van der Waals surface area contributed by atoms with Crippen molar-refractivity contribution in [3.8, 4) is 0 Å². The van der Waals surface area contributed by atoms with Gasteiger partial charge in [0.25, 0.3) is 0 Å². The van der Waals surface area contributed by atoms with Crippen molar-refractivity contribution in [1.29, 1.82) is 0 Å². The fourth-order valence-corrected chi connectivity index (χ4v) is 1.31. The van der Waals surface area contributed by atoms with Crippen LogP contribution in [0.25, 0.3) is 0 Å². The number of aliphatic hydroxyl groups is 1. The molecule has 0 bridgehead atoms. The number of carbonyl (C=O) groups excluding carboxylic acids is 1. The van der Waals surface area contributed by atoms with Crippen LogP contribution < -0.4 is 0 Å². The van der Waals surface area contributed by atoms with E-state index in [1.807, 2.05) is 25.7 Å². The Kier molecular flexibility index (Phi) is 6.60. The molecule has 0 amide bonds. The lowest BCUT2D eigenvalue weighted by atomic mass is 10.1. The summed E-state index contributed by atoms with van der Waals surface area (Å²) in [5.74, 6) is 0.133. The first-order chi connectivity index (χ1) is 7.24. The molecule has 0 fully saturated rings. The quantitative estimate of drug-likeness (QED) is 0.671. The normalized spacial score (nSPS) is 12.2. The van der Waals surface area contributed by atoms with Crippen LogP contribution in [0.1, 0.15) is 34.6 Å². The fourth-order valence-electron chi connectivity index (χ4n) is 1.31. The van der Waals surface area contributed by atoms with Gasteiger partial charge in [-0.15, -0.1) is 0 Å². The number of hydrogen-bond donors (Lipinski definition) is 1. The molecule has 1 N–H and O–H groups in total. The minimum absolute atomic E-state index is 0.222. The number of likely N-dealkylation sites (N-methyl/N-ethyl adjacent to an activating group) is 1. The van der Waals surface area contributed by atoms with Gasteiger partial charge in [-0.3, -0.25) is 9.69 Å². The van der Waals surface area contributed by atoms with Crippen molar-refractivity contribution in [2.75, 3.05) is 26.2 Å². The molecule has 4 nitrogen and oxygen atoms in total. The van der Waals surface area contributed by atoms with E-state index in [-0.39, 0.29) is 12.5 Å². The topological polar surface area (TPSA) is 49.8 Å². The first kappa shape index (κ1) is 15.4. The molecule has 0 unspecified atom stereocenters. The van der Waals surface area contributed by atoms with Crippen LogP contribution in [0.15, 0.2) is 0 Å². The second-order valence-electron chi connectivity index (χ2n) is 5.19. The molecule has 0 aromatic heterocycles. The molecule has 0 heterocycles. The maximum atomic E-state index is 11.5. The Bertz CT molecular complexity index is 209. The number of carbonyl (C=O) groups is 1. The first-order valence-corrected chi connectivity index (χ1v) is 5.85. The molecule has 0 atom stereocenters. The predicted octanol–water partition coefficient (Wildman–Crippen LogP) is 1.28. The molecule has 0 saturated carbocycles. The van der Waals surface area contributed by atoms with Crippen LogP contribution >= 0.6 is 0 Å². The summed E-state index contributed by atoms with van der Waals surface area (Å²) in [5, 5.41) is 9.66. The van der Waals surface area contributed by atoms with E-state index in [0.717, 1.165) is 6.54 Å². The lowest BCUT2D eigenvalue weighted by Gasteiger charge is -2.27. The molecule has 0 aliphatic rings. The van der Waals surface area contributed by atoms with E-state index in [4.69, 9.17) is 4.74 Å². The van der Waals surface area contributed by atoms with Crippen LogP contribution in [0.3, 0.4) is 0 Å². The summed E-state index contributed by atoms with van der Waals surface area (Å²) >= 11 is 0. The molecule has 0 rings (SSSR count). The lowest BCUT2D eigenvalue weighted by Crippen LogP contribution is -2.41.